The average molecular weight is 583 g/mol. The van der Waals surface area contributed by atoms with Crippen LogP contribution in [0.2, 0.25) is 0 Å². The van der Waals surface area contributed by atoms with Crippen LogP contribution < -0.4 is 14.2 Å². The molecule has 0 N–H and O–H groups in total. The first-order valence-electron chi connectivity index (χ1n) is 15.3. The Bertz CT molecular complexity index is 1320. The molecule has 8 heteroatoms. The summed E-state index contributed by atoms with van der Waals surface area (Å²) in [6, 6.07) is 7.67. The second kappa shape index (κ2) is 12.6. The third-order valence-corrected chi connectivity index (χ3v) is 8.99. The third-order valence-electron chi connectivity index (χ3n) is 8.99. The van der Waals surface area contributed by atoms with Crippen molar-refractivity contribution in [2.24, 2.45) is 5.92 Å². The lowest BCUT2D eigenvalue weighted by Crippen LogP contribution is -2.48. The first kappa shape index (κ1) is 30.3. The zero-order chi connectivity index (χ0) is 30.0. The van der Waals surface area contributed by atoms with Crippen molar-refractivity contribution in [1.82, 2.24) is 9.80 Å². The Kier molecular flexibility index (Phi) is 9.11. The molecule has 6 nitrogen and oxygen atoms in total. The molecule has 2 fully saturated rings. The van der Waals surface area contributed by atoms with Crippen LogP contribution in [0.25, 0.3) is 6.08 Å². The van der Waals surface area contributed by atoms with Gasteiger partial charge in [0.2, 0.25) is 11.5 Å². The molecule has 1 aliphatic carbocycles. The minimum absolute atomic E-state index is 0.158. The van der Waals surface area contributed by atoms with Crippen molar-refractivity contribution in [3.05, 3.63) is 58.7 Å². The lowest BCUT2D eigenvalue weighted by molar-refractivity contribution is -0.0439. The van der Waals surface area contributed by atoms with Gasteiger partial charge in [-0.1, -0.05) is 30.9 Å². The van der Waals surface area contributed by atoms with Crippen molar-refractivity contribution < 1.29 is 27.8 Å². The Morgan fingerprint density at radius 1 is 1.12 bits per heavy atom. The summed E-state index contributed by atoms with van der Waals surface area (Å²) in [6.07, 6.45) is 10.3. The second-order valence-corrected chi connectivity index (χ2v) is 12.6. The van der Waals surface area contributed by atoms with Gasteiger partial charge >= 0.3 is 0 Å². The van der Waals surface area contributed by atoms with E-state index in [1.165, 1.54) is 44.2 Å². The normalized spacial score (nSPS) is 21.4. The number of rotatable bonds is 9. The van der Waals surface area contributed by atoms with Crippen molar-refractivity contribution in [3.8, 4) is 17.2 Å². The molecule has 2 aromatic rings. The zero-order valence-corrected chi connectivity index (χ0v) is 25.6. The summed E-state index contributed by atoms with van der Waals surface area (Å²) in [5.74, 6) is -0.188. The van der Waals surface area contributed by atoms with Crippen molar-refractivity contribution >= 4 is 12.0 Å². The summed E-state index contributed by atoms with van der Waals surface area (Å²) in [5.41, 5.74) is 1.53. The Morgan fingerprint density at radius 2 is 1.88 bits per heavy atom. The Hall–Kier alpha value is -3.13. The maximum absolute atomic E-state index is 14.5. The molecule has 42 heavy (non-hydrogen) atoms. The number of likely N-dealkylation sites (tertiary alicyclic amines) is 1. The number of fused-ring (bicyclic) bond motifs is 1. The van der Waals surface area contributed by atoms with Crippen LogP contribution in [-0.4, -0.2) is 60.3 Å². The number of methoxy groups -OCH3 is 1. The number of carbonyl (C=O) groups excluding carboxylic acids is 1. The quantitative estimate of drug-likeness (QED) is 0.307. The maximum atomic E-state index is 14.5. The molecule has 1 unspecified atom stereocenters. The van der Waals surface area contributed by atoms with Gasteiger partial charge in [-0.3, -0.25) is 9.69 Å². The molecule has 228 valence electrons. The van der Waals surface area contributed by atoms with E-state index in [1.54, 1.807) is 25.3 Å². The van der Waals surface area contributed by atoms with Crippen molar-refractivity contribution in [3.63, 3.8) is 0 Å². The van der Waals surface area contributed by atoms with Gasteiger partial charge in [-0.25, -0.2) is 8.78 Å². The number of amides is 1. The maximum Gasteiger partial charge on any atom is 0.254 e. The van der Waals surface area contributed by atoms with Gasteiger partial charge in [-0.05, 0) is 76.3 Å². The van der Waals surface area contributed by atoms with E-state index < -0.39 is 17.4 Å². The Morgan fingerprint density at radius 3 is 2.60 bits per heavy atom. The van der Waals surface area contributed by atoms with E-state index in [0.717, 1.165) is 31.0 Å². The Balaban J connectivity index is 1.43. The van der Waals surface area contributed by atoms with Gasteiger partial charge in [0.1, 0.15) is 11.6 Å². The minimum Gasteiger partial charge on any atom is -0.493 e. The van der Waals surface area contributed by atoms with Crippen LogP contribution in [-0.2, 0) is 0 Å². The van der Waals surface area contributed by atoms with Crippen LogP contribution in [0, 0.1) is 17.6 Å². The van der Waals surface area contributed by atoms with Crippen LogP contribution in [0.5, 0.6) is 17.2 Å². The predicted octanol–water partition coefficient (Wildman–Crippen LogP) is 7.46. The summed E-state index contributed by atoms with van der Waals surface area (Å²) in [4.78, 5) is 18.7. The van der Waals surface area contributed by atoms with E-state index in [1.807, 2.05) is 25.7 Å². The molecule has 0 bridgehead atoms. The molecule has 3 aliphatic rings. The Labute approximate surface area is 248 Å². The van der Waals surface area contributed by atoms with Crippen molar-refractivity contribution in [2.75, 3.05) is 26.7 Å². The fourth-order valence-electron chi connectivity index (χ4n) is 6.92. The summed E-state index contributed by atoms with van der Waals surface area (Å²) in [7, 11) is 1.55. The van der Waals surface area contributed by atoms with Crippen LogP contribution in [0.3, 0.4) is 0 Å². The topological polar surface area (TPSA) is 51.2 Å². The largest absolute Gasteiger partial charge is 0.493 e. The second-order valence-electron chi connectivity index (χ2n) is 12.6. The minimum atomic E-state index is -0.866. The summed E-state index contributed by atoms with van der Waals surface area (Å²) < 4.78 is 45.5. The molecule has 5 rings (SSSR count). The van der Waals surface area contributed by atoms with E-state index in [9.17, 15) is 13.6 Å². The van der Waals surface area contributed by atoms with E-state index in [4.69, 9.17) is 14.2 Å². The highest BCUT2D eigenvalue weighted by molar-refractivity contribution is 5.96. The number of hydrogen-bond donors (Lipinski definition) is 0. The molecule has 0 aromatic heterocycles. The number of carbonyl (C=O) groups is 1. The predicted molar refractivity (Wildman–Crippen MR) is 160 cm³/mol. The van der Waals surface area contributed by atoms with E-state index >= 15 is 0 Å². The van der Waals surface area contributed by atoms with Crippen LogP contribution >= 0.6 is 0 Å². The fraction of sp³-hybridized carbons (Fsp3) is 0.559. The highest BCUT2D eigenvalue weighted by atomic mass is 19.1. The first-order chi connectivity index (χ1) is 20.0. The van der Waals surface area contributed by atoms with Gasteiger partial charge in [-0.15, -0.1) is 0 Å². The van der Waals surface area contributed by atoms with Crippen LogP contribution in [0.4, 0.5) is 8.78 Å². The molecule has 1 saturated carbocycles. The summed E-state index contributed by atoms with van der Waals surface area (Å²) in [6.45, 7) is 9.74. The molecule has 1 amide bonds. The zero-order valence-electron chi connectivity index (χ0n) is 25.6. The fourth-order valence-corrected chi connectivity index (χ4v) is 6.92. The number of nitrogens with zero attached hydrogens (tertiary/aromatic N) is 2. The lowest BCUT2D eigenvalue weighted by Gasteiger charge is -2.39. The van der Waals surface area contributed by atoms with Gasteiger partial charge in [0.25, 0.3) is 5.91 Å². The lowest BCUT2D eigenvalue weighted by atomic mass is 9.83. The molecule has 2 aliphatic heterocycles. The average Bonchev–Trinajstić information content (AvgIpc) is 3.55. The van der Waals surface area contributed by atoms with Gasteiger partial charge < -0.3 is 19.1 Å². The molecule has 2 aromatic carbocycles. The van der Waals surface area contributed by atoms with E-state index in [0.29, 0.717) is 53.4 Å². The highest BCUT2D eigenvalue weighted by Crippen LogP contribution is 2.47. The van der Waals surface area contributed by atoms with Crippen LogP contribution in [0.15, 0.2) is 35.9 Å². The van der Waals surface area contributed by atoms with Crippen molar-refractivity contribution in [1.29, 1.82) is 0 Å². The van der Waals surface area contributed by atoms with Gasteiger partial charge in [0.05, 0.1) is 7.11 Å². The van der Waals surface area contributed by atoms with Crippen LogP contribution in [0.1, 0.15) is 88.6 Å². The number of benzene rings is 2. The van der Waals surface area contributed by atoms with Gasteiger partial charge in [-0.2, -0.15) is 0 Å². The first-order valence-corrected chi connectivity index (χ1v) is 15.3. The van der Waals surface area contributed by atoms with E-state index in [-0.39, 0.29) is 11.9 Å². The van der Waals surface area contributed by atoms with Crippen molar-refractivity contribution in [2.45, 2.75) is 90.5 Å². The molecule has 2 atom stereocenters. The SMILES string of the molecule is COc1cc(C(=O)N(CC(C)=Cc2ccc(F)cc2F)C[C@@H]2CCCN2C(C)C2CCCCC2)cc2c1OC(C)(C)O2. The highest BCUT2D eigenvalue weighted by Gasteiger charge is 2.37. The van der Waals surface area contributed by atoms with E-state index in [2.05, 4.69) is 11.8 Å². The number of halogens is 2. The summed E-state index contributed by atoms with van der Waals surface area (Å²) in [5, 5.41) is 0. The molecule has 0 radical (unpaired) electrons. The standard InChI is InChI=1S/C34H44F2N2O4/c1-22(16-25-13-14-27(35)19-29(25)36)20-37(21-28-12-9-15-38(28)23(2)24-10-7-6-8-11-24)33(39)26-17-30(40-5)32-31(18-26)41-34(3,4)42-32/h13-14,16-19,23-24,28H,6-12,15,20-21H2,1-5H3/t23?,28-/m0/s1. The number of ether oxygens (including phenoxy) is 3. The molecular weight excluding hydrogens is 538 g/mol. The van der Waals surface area contributed by atoms with Gasteiger partial charge in [0.15, 0.2) is 11.5 Å². The molecular formula is C34H44F2N2O4. The monoisotopic (exact) mass is 582 g/mol. The summed E-state index contributed by atoms with van der Waals surface area (Å²) >= 11 is 0. The molecule has 0 spiro atoms. The van der Waals surface area contributed by atoms with Gasteiger partial charge in [0, 0.05) is 56.2 Å². The molecule has 1 saturated heterocycles. The smallest absolute Gasteiger partial charge is 0.254 e. The number of hydrogen-bond acceptors (Lipinski definition) is 5. The third kappa shape index (κ3) is 6.74. The molecule has 2 heterocycles.